The van der Waals surface area contributed by atoms with E-state index >= 15 is 0 Å². The van der Waals surface area contributed by atoms with Gasteiger partial charge in [-0.2, -0.15) is 0 Å². The molecule has 0 aromatic carbocycles. The fourth-order valence-electron chi connectivity index (χ4n) is 4.37. The van der Waals surface area contributed by atoms with Crippen LogP contribution in [-0.2, 0) is 4.74 Å². The van der Waals surface area contributed by atoms with Crippen LogP contribution < -0.4 is 0 Å². The first-order valence-electron chi connectivity index (χ1n) is 7.51. The minimum atomic E-state index is -0.427. The van der Waals surface area contributed by atoms with E-state index in [9.17, 15) is 9.90 Å². The molecule has 2 bridgehead atoms. The van der Waals surface area contributed by atoms with Gasteiger partial charge in [-0.05, 0) is 63.7 Å². The maximum absolute atomic E-state index is 12.2. The Bertz CT molecular complexity index is 376. The van der Waals surface area contributed by atoms with Crippen LogP contribution in [0.15, 0.2) is 0 Å². The van der Waals surface area contributed by atoms with E-state index in [2.05, 4.69) is 0 Å². The molecule has 4 fully saturated rings. The smallest absolute Gasteiger partial charge is 0.410 e. The zero-order chi connectivity index (χ0) is 13.8. The lowest BCUT2D eigenvalue weighted by Crippen LogP contribution is -2.47. The summed E-state index contributed by atoms with van der Waals surface area (Å²) in [5, 5.41) is 10.1. The maximum atomic E-state index is 12.2. The van der Waals surface area contributed by atoms with Crippen molar-refractivity contribution in [3.63, 3.8) is 0 Å². The third kappa shape index (κ3) is 2.35. The summed E-state index contributed by atoms with van der Waals surface area (Å²) < 4.78 is 5.47. The van der Waals surface area contributed by atoms with Crippen molar-refractivity contribution in [1.29, 1.82) is 0 Å². The number of hydrogen-bond donors (Lipinski definition) is 1. The van der Waals surface area contributed by atoms with Gasteiger partial charge in [0.05, 0.1) is 6.10 Å². The molecule has 1 saturated heterocycles. The Morgan fingerprint density at radius 2 is 1.84 bits per heavy atom. The van der Waals surface area contributed by atoms with Crippen LogP contribution in [-0.4, -0.2) is 40.9 Å². The molecule has 0 aromatic rings. The predicted molar refractivity (Wildman–Crippen MR) is 71.6 cm³/mol. The molecule has 1 aliphatic heterocycles. The van der Waals surface area contributed by atoms with E-state index in [4.69, 9.17) is 4.74 Å². The van der Waals surface area contributed by atoms with Crippen LogP contribution >= 0.6 is 0 Å². The molecule has 4 rings (SSSR count). The van der Waals surface area contributed by atoms with E-state index in [1.54, 1.807) is 0 Å². The molecule has 3 saturated carbocycles. The maximum Gasteiger partial charge on any atom is 0.410 e. The van der Waals surface area contributed by atoms with Gasteiger partial charge in [-0.3, -0.25) is 0 Å². The molecular formula is C15H25NO3. The van der Waals surface area contributed by atoms with Crippen LogP contribution in [0.3, 0.4) is 0 Å². The van der Waals surface area contributed by atoms with Crippen LogP contribution in [0.5, 0.6) is 0 Å². The molecule has 1 heterocycles. The summed E-state index contributed by atoms with van der Waals surface area (Å²) in [6, 6.07) is 0. The van der Waals surface area contributed by atoms with Gasteiger partial charge in [-0.1, -0.05) is 0 Å². The number of rotatable bonds is 0. The van der Waals surface area contributed by atoms with E-state index in [-0.39, 0.29) is 12.2 Å². The molecule has 0 aromatic heterocycles. The second-order valence-corrected chi connectivity index (χ2v) is 7.52. The first-order valence-corrected chi connectivity index (χ1v) is 7.51. The van der Waals surface area contributed by atoms with Crippen molar-refractivity contribution in [2.45, 2.75) is 51.7 Å². The van der Waals surface area contributed by atoms with Crippen LogP contribution in [0.1, 0.15) is 40.0 Å². The van der Waals surface area contributed by atoms with E-state index < -0.39 is 5.60 Å². The highest BCUT2D eigenvalue weighted by Gasteiger charge is 2.52. The number of nitrogens with zero attached hydrogens (tertiary/aromatic N) is 1. The molecule has 0 spiro atoms. The van der Waals surface area contributed by atoms with Gasteiger partial charge in [0.15, 0.2) is 0 Å². The average Bonchev–Trinajstić information content (AvgIpc) is 2.73. The Balaban J connectivity index is 1.68. The minimum absolute atomic E-state index is 0.140. The number of aliphatic hydroxyl groups excluding tert-OH is 1. The molecule has 4 aliphatic rings. The van der Waals surface area contributed by atoms with Crippen molar-refractivity contribution in [2.75, 3.05) is 13.1 Å². The average molecular weight is 267 g/mol. The fraction of sp³-hybridized carbons (Fsp3) is 0.933. The quantitative estimate of drug-likeness (QED) is 0.732. The second kappa shape index (κ2) is 4.37. The zero-order valence-corrected chi connectivity index (χ0v) is 12.1. The monoisotopic (exact) mass is 267 g/mol. The lowest BCUT2D eigenvalue weighted by molar-refractivity contribution is -0.0574. The molecule has 1 N–H and O–H groups in total. The first-order chi connectivity index (χ1) is 8.85. The Hall–Kier alpha value is -0.770. The van der Waals surface area contributed by atoms with Crippen molar-refractivity contribution >= 4 is 6.09 Å². The van der Waals surface area contributed by atoms with Crippen molar-refractivity contribution < 1.29 is 14.6 Å². The van der Waals surface area contributed by atoms with E-state index in [1.165, 1.54) is 6.42 Å². The Morgan fingerprint density at radius 1 is 1.16 bits per heavy atom. The number of fused-ring (bicyclic) bond motifs is 2. The third-order valence-corrected chi connectivity index (χ3v) is 5.13. The molecule has 5 atom stereocenters. The van der Waals surface area contributed by atoms with E-state index in [1.807, 2.05) is 25.7 Å². The number of hydrogen-bond acceptors (Lipinski definition) is 3. The van der Waals surface area contributed by atoms with E-state index in [0.29, 0.717) is 23.7 Å². The van der Waals surface area contributed by atoms with Crippen molar-refractivity contribution in [3.05, 3.63) is 0 Å². The largest absolute Gasteiger partial charge is 0.444 e. The van der Waals surface area contributed by atoms with Crippen molar-refractivity contribution in [1.82, 2.24) is 4.90 Å². The summed E-state index contributed by atoms with van der Waals surface area (Å²) in [6.45, 7) is 7.32. The standard InChI is InChI=1S/C15H25NO3/c1-15(2,3)19-14(18)16-7-11-9-4-5-10(12(11)8-16)13(17)6-9/h9-13,17H,4-8H2,1-3H3/t9-,10-,11+,12-,13-/m1/s1. The number of likely N-dealkylation sites (tertiary alicyclic amines) is 1. The number of carbonyl (C=O) groups excluding carboxylic acids is 1. The fourth-order valence-corrected chi connectivity index (χ4v) is 4.37. The Morgan fingerprint density at radius 3 is 2.47 bits per heavy atom. The van der Waals surface area contributed by atoms with Gasteiger partial charge in [-0.25, -0.2) is 4.79 Å². The highest BCUT2D eigenvalue weighted by atomic mass is 16.6. The number of amides is 1. The lowest BCUT2D eigenvalue weighted by Gasteiger charge is -2.47. The molecule has 1 amide bonds. The van der Waals surface area contributed by atoms with Crippen LogP contribution in [0.4, 0.5) is 4.79 Å². The summed E-state index contributed by atoms with van der Waals surface area (Å²) >= 11 is 0. The van der Waals surface area contributed by atoms with Gasteiger partial charge < -0.3 is 14.7 Å². The molecule has 0 unspecified atom stereocenters. The molecule has 0 radical (unpaired) electrons. The van der Waals surface area contributed by atoms with Crippen molar-refractivity contribution in [3.8, 4) is 0 Å². The Kier molecular flexibility index (Phi) is 3.04. The summed E-state index contributed by atoms with van der Waals surface area (Å²) in [6.07, 6.45) is 2.98. The van der Waals surface area contributed by atoms with Gasteiger partial charge in [0.1, 0.15) is 5.60 Å². The number of aliphatic hydroxyl groups is 1. The number of ether oxygens (including phenoxy) is 1. The van der Waals surface area contributed by atoms with Gasteiger partial charge >= 0.3 is 6.09 Å². The number of carbonyl (C=O) groups is 1. The Labute approximate surface area is 115 Å². The van der Waals surface area contributed by atoms with Crippen LogP contribution in [0.2, 0.25) is 0 Å². The molecule has 19 heavy (non-hydrogen) atoms. The SMILES string of the molecule is CC(C)(C)OC(=O)N1C[C@@H]2[C@H]3CC[C@H](C[C@H]3O)[C@@H]2C1. The third-order valence-electron chi connectivity index (χ3n) is 5.13. The minimum Gasteiger partial charge on any atom is -0.444 e. The molecule has 4 nitrogen and oxygen atoms in total. The molecular weight excluding hydrogens is 242 g/mol. The van der Waals surface area contributed by atoms with Gasteiger partial charge in [0.25, 0.3) is 0 Å². The second-order valence-electron chi connectivity index (χ2n) is 7.52. The highest BCUT2D eigenvalue weighted by Crippen LogP contribution is 2.52. The topological polar surface area (TPSA) is 49.8 Å². The van der Waals surface area contributed by atoms with Crippen LogP contribution in [0, 0.1) is 23.7 Å². The van der Waals surface area contributed by atoms with Crippen LogP contribution in [0.25, 0.3) is 0 Å². The highest BCUT2D eigenvalue weighted by molar-refractivity contribution is 5.68. The van der Waals surface area contributed by atoms with Gasteiger partial charge in [0, 0.05) is 13.1 Å². The van der Waals surface area contributed by atoms with Gasteiger partial charge in [0.2, 0.25) is 0 Å². The summed E-state index contributed by atoms with van der Waals surface area (Å²) in [7, 11) is 0. The van der Waals surface area contributed by atoms with E-state index in [0.717, 1.165) is 25.9 Å². The van der Waals surface area contributed by atoms with Crippen molar-refractivity contribution in [2.24, 2.45) is 23.7 Å². The molecule has 4 heteroatoms. The zero-order valence-electron chi connectivity index (χ0n) is 12.1. The normalized spacial score (nSPS) is 41.3. The molecule has 108 valence electrons. The predicted octanol–water partition coefficient (Wildman–Crippen LogP) is 2.26. The van der Waals surface area contributed by atoms with Gasteiger partial charge in [-0.15, -0.1) is 0 Å². The first kappa shape index (κ1) is 13.2. The lowest BCUT2D eigenvalue weighted by atomic mass is 9.58. The summed E-state index contributed by atoms with van der Waals surface area (Å²) in [5.41, 5.74) is -0.427. The summed E-state index contributed by atoms with van der Waals surface area (Å²) in [5.74, 6) is 2.10. The summed E-state index contributed by atoms with van der Waals surface area (Å²) in [4.78, 5) is 14.0. The molecule has 3 aliphatic carbocycles.